The van der Waals surface area contributed by atoms with Crippen molar-refractivity contribution < 1.29 is 9.90 Å². The van der Waals surface area contributed by atoms with Crippen molar-refractivity contribution in [2.75, 3.05) is 25.5 Å². The SMILES string of the molecule is Cc1cc(C(C)(C)O)ccc1N1C[C@]2(C[C@](c3ccccc3)(N(C)C)C2)NC1=O. The van der Waals surface area contributed by atoms with Crippen molar-refractivity contribution in [2.24, 2.45) is 0 Å². The number of aryl methyl sites for hydroxylation is 1. The minimum absolute atomic E-state index is 0.0375. The van der Waals surface area contributed by atoms with E-state index < -0.39 is 5.60 Å². The molecule has 1 saturated carbocycles. The van der Waals surface area contributed by atoms with Gasteiger partial charge in [-0.2, -0.15) is 0 Å². The van der Waals surface area contributed by atoms with Crippen LogP contribution in [0.15, 0.2) is 48.5 Å². The molecule has 2 aliphatic rings. The zero-order chi connectivity index (χ0) is 21.0. The number of benzene rings is 2. The van der Waals surface area contributed by atoms with Gasteiger partial charge < -0.3 is 10.4 Å². The molecule has 2 aromatic rings. The highest BCUT2D eigenvalue weighted by Crippen LogP contribution is 2.53. The van der Waals surface area contributed by atoms with E-state index in [-0.39, 0.29) is 17.1 Å². The zero-order valence-corrected chi connectivity index (χ0v) is 18.0. The summed E-state index contributed by atoms with van der Waals surface area (Å²) in [4.78, 5) is 17.0. The van der Waals surface area contributed by atoms with Crippen molar-refractivity contribution >= 4 is 11.7 Å². The number of aliphatic hydroxyl groups is 1. The summed E-state index contributed by atoms with van der Waals surface area (Å²) in [5, 5.41) is 13.5. The Balaban J connectivity index is 1.58. The van der Waals surface area contributed by atoms with E-state index in [2.05, 4.69) is 48.6 Å². The number of hydrogen-bond donors (Lipinski definition) is 2. The number of urea groups is 1. The lowest BCUT2D eigenvalue weighted by Crippen LogP contribution is -2.66. The number of nitrogens with one attached hydrogen (secondary N) is 1. The second kappa shape index (κ2) is 6.57. The number of carbonyl (C=O) groups excluding carboxylic acids is 1. The largest absolute Gasteiger partial charge is 0.386 e. The Morgan fingerprint density at radius 1 is 1.10 bits per heavy atom. The van der Waals surface area contributed by atoms with Crippen LogP contribution in [-0.4, -0.2) is 42.2 Å². The standard InChI is InChI=1S/C24H31N3O2/c1-17-13-19(22(2,3)29)11-12-20(17)27-16-23(25-21(27)28)14-24(15-23,26(4)5)18-9-7-6-8-10-18/h6-13,29H,14-16H2,1-5H3,(H,25,28)/t23-,24+. The molecule has 29 heavy (non-hydrogen) atoms. The topological polar surface area (TPSA) is 55.8 Å². The van der Waals surface area contributed by atoms with Crippen molar-refractivity contribution in [3.63, 3.8) is 0 Å². The summed E-state index contributed by atoms with van der Waals surface area (Å²) in [6.45, 7) is 6.21. The summed E-state index contributed by atoms with van der Waals surface area (Å²) in [7, 11) is 4.24. The highest BCUT2D eigenvalue weighted by atomic mass is 16.3. The van der Waals surface area contributed by atoms with Crippen molar-refractivity contribution in [3.05, 3.63) is 65.2 Å². The maximum Gasteiger partial charge on any atom is 0.322 e. The molecule has 1 heterocycles. The molecular weight excluding hydrogens is 362 g/mol. The number of rotatable bonds is 4. The first kappa shape index (κ1) is 19.9. The molecule has 2 amide bonds. The summed E-state index contributed by atoms with van der Waals surface area (Å²) in [6, 6.07) is 16.4. The second-order valence-electron chi connectivity index (χ2n) is 9.50. The fourth-order valence-electron chi connectivity index (χ4n) is 5.04. The number of hydrogen-bond acceptors (Lipinski definition) is 3. The molecule has 4 rings (SSSR count). The van der Waals surface area contributed by atoms with Gasteiger partial charge in [0.25, 0.3) is 0 Å². The van der Waals surface area contributed by atoms with Crippen LogP contribution in [0.5, 0.6) is 0 Å². The average Bonchev–Trinajstić information content (AvgIpc) is 2.97. The Morgan fingerprint density at radius 3 is 2.31 bits per heavy atom. The summed E-state index contributed by atoms with van der Waals surface area (Å²) >= 11 is 0. The quantitative estimate of drug-likeness (QED) is 0.832. The average molecular weight is 394 g/mol. The highest BCUT2D eigenvalue weighted by molar-refractivity contribution is 5.96. The molecule has 1 saturated heterocycles. The lowest BCUT2D eigenvalue weighted by Gasteiger charge is -2.57. The van der Waals surface area contributed by atoms with Crippen LogP contribution in [0.3, 0.4) is 0 Å². The number of anilines is 1. The van der Waals surface area contributed by atoms with Gasteiger partial charge in [-0.05, 0) is 70.5 Å². The third-order valence-electron chi connectivity index (χ3n) is 6.70. The van der Waals surface area contributed by atoms with Gasteiger partial charge >= 0.3 is 6.03 Å². The van der Waals surface area contributed by atoms with Gasteiger partial charge in [0.1, 0.15) is 0 Å². The van der Waals surface area contributed by atoms with Crippen LogP contribution < -0.4 is 10.2 Å². The predicted molar refractivity (Wildman–Crippen MR) is 116 cm³/mol. The summed E-state index contributed by atoms with van der Waals surface area (Å²) in [5.41, 5.74) is 2.91. The van der Waals surface area contributed by atoms with Gasteiger partial charge in [-0.25, -0.2) is 4.79 Å². The summed E-state index contributed by atoms with van der Waals surface area (Å²) < 4.78 is 0. The Labute approximate surface area is 173 Å². The molecule has 0 atom stereocenters. The van der Waals surface area contributed by atoms with E-state index >= 15 is 0 Å². The van der Waals surface area contributed by atoms with Crippen molar-refractivity contribution in [1.82, 2.24) is 10.2 Å². The summed E-state index contributed by atoms with van der Waals surface area (Å²) in [5.74, 6) is 0. The van der Waals surface area contributed by atoms with Crippen LogP contribution in [0.1, 0.15) is 43.4 Å². The maximum absolute atomic E-state index is 12.9. The minimum atomic E-state index is -0.896. The molecule has 5 heteroatoms. The first-order chi connectivity index (χ1) is 13.6. The Morgan fingerprint density at radius 2 is 1.76 bits per heavy atom. The van der Waals surface area contributed by atoms with Crippen LogP contribution in [-0.2, 0) is 11.1 Å². The fourth-order valence-corrected chi connectivity index (χ4v) is 5.04. The van der Waals surface area contributed by atoms with E-state index in [1.807, 2.05) is 36.1 Å². The Kier molecular flexibility index (Phi) is 4.52. The third kappa shape index (κ3) is 3.22. The number of amides is 2. The molecule has 2 aromatic carbocycles. The molecule has 154 valence electrons. The molecule has 1 spiro atoms. The molecule has 0 bridgehead atoms. The molecule has 2 N–H and O–H groups in total. The van der Waals surface area contributed by atoms with Crippen LogP contribution >= 0.6 is 0 Å². The highest BCUT2D eigenvalue weighted by Gasteiger charge is 2.61. The lowest BCUT2D eigenvalue weighted by molar-refractivity contribution is -0.0169. The van der Waals surface area contributed by atoms with Gasteiger partial charge in [0, 0.05) is 5.69 Å². The number of carbonyl (C=O) groups is 1. The van der Waals surface area contributed by atoms with Crippen LogP contribution in [0.25, 0.3) is 0 Å². The Bertz CT molecular complexity index is 925. The Hall–Kier alpha value is -2.37. The van der Waals surface area contributed by atoms with Crippen molar-refractivity contribution in [3.8, 4) is 0 Å². The van der Waals surface area contributed by atoms with Gasteiger partial charge in [0.05, 0.1) is 23.2 Å². The van der Waals surface area contributed by atoms with E-state index in [0.29, 0.717) is 6.54 Å². The monoisotopic (exact) mass is 393 g/mol. The van der Waals surface area contributed by atoms with Crippen LogP contribution in [0.4, 0.5) is 10.5 Å². The minimum Gasteiger partial charge on any atom is -0.386 e. The number of nitrogens with zero attached hydrogens (tertiary/aromatic N) is 2. The van der Waals surface area contributed by atoms with Crippen molar-refractivity contribution in [1.29, 1.82) is 0 Å². The van der Waals surface area contributed by atoms with Crippen LogP contribution in [0.2, 0.25) is 0 Å². The molecule has 2 fully saturated rings. The van der Waals surface area contributed by atoms with Gasteiger partial charge in [-0.1, -0.05) is 42.5 Å². The predicted octanol–water partition coefficient (Wildman–Crippen LogP) is 3.74. The van der Waals surface area contributed by atoms with E-state index in [9.17, 15) is 9.90 Å². The fraction of sp³-hybridized carbons (Fsp3) is 0.458. The van der Waals surface area contributed by atoms with E-state index in [1.165, 1.54) is 5.56 Å². The first-order valence-corrected chi connectivity index (χ1v) is 10.2. The summed E-state index contributed by atoms with van der Waals surface area (Å²) in [6.07, 6.45) is 1.78. The van der Waals surface area contributed by atoms with Gasteiger partial charge in [-0.15, -0.1) is 0 Å². The van der Waals surface area contributed by atoms with E-state index in [1.54, 1.807) is 13.8 Å². The van der Waals surface area contributed by atoms with Gasteiger partial charge in [-0.3, -0.25) is 9.80 Å². The van der Waals surface area contributed by atoms with E-state index in [0.717, 1.165) is 29.7 Å². The normalized spacial score (nSPS) is 26.7. The second-order valence-corrected chi connectivity index (χ2v) is 9.50. The van der Waals surface area contributed by atoms with Crippen LogP contribution in [0, 0.1) is 6.92 Å². The molecule has 0 unspecified atom stereocenters. The molecular formula is C24H31N3O2. The smallest absolute Gasteiger partial charge is 0.322 e. The van der Waals surface area contributed by atoms with Crippen molar-refractivity contribution in [2.45, 2.75) is 50.3 Å². The third-order valence-corrected chi connectivity index (χ3v) is 6.70. The lowest BCUT2D eigenvalue weighted by atomic mass is 9.59. The van der Waals surface area contributed by atoms with Gasteiger partial charge in [0.2, 0.25) is 0 Å². The molecule has 1 aliphatic heterocycles. The molecule has 1 aliphatic carbocycles. The zero-order valence-electron chi connectivity index (χ0n) is 18.0. The van der Waals surface area contributed by atoms with E-state index in [4.69, 9.17) is 0 Å². The molecule has 5 nitrogen and oxygen atoms in total. The maximum atomic E-state index is 12.9. The molecule has 0 radical (unpaired) electrons. The molecule has 0 aromatic heterocycles. The first-order valence-electron chi connectivity index (χ1n) is 10.2. The van der Waals surface area contributed by atoms with Gasteiger partial charge in [0.15, 0.2) is 0 Å².